The SMILES string of the molecule is CN(Cc1nc(-c2cccnc2)no1)CC1CNNC1c1ccc2c(c1)OCO2. The largest absolute Gasteiger partial charge is 0.454 e. The molecule has 2 atom stereocenters. The number of hydrogen-bond acceptors (Lipinski definition) is 9. The van der Waals surface area contributed by atoms with E-state index in [-0.39, 0.29) is 12.8 Å². The lowest BCUT2D eigenvalue weighted by Crippen LogP contribution is -2.30. The molecule has 2 aromatic heterocycles. The maximum atomic E-state index is 5.52. The van der Waals surface area contributed by atoms with Crippen molar-refractivity contribution in [3.8, 4) is 22.9 Å². The monoisotopic (exact) mass is 394 g/mol. The van der Waals surface area contributed by atoms with E-state index in [2.05, 4.69) is 50.1 Å². The highest BCUT2D eigenvalue weighted by molar-refractivity contribution is 5.51. The van der Waals surface area contributed by atoms with Crippen LogP contribution in [0.5, 0.6) is 11.5 Å². The van der Waals surface area contributed by atoms with E-state index in [0.717, 1.165) is 30.2 Å². The molecule has 0 aliphatic carbocycles. The minimum Gasteiger partial charge on any atom is -0.454 e. The first kappa shape index (κ1) is 18.0. The highest BCUT2D eigenvalue weighted by Gasteiger charge is 2.30. The first-order valence-electron chi connectivity index (χ1n) is 9.56. The Balaban J connectivity index is 1.23. The van der Waals surface area contributed by atoms with Gasteiger partial charge in [0, 0.05) is 37.0 Å². The zero-order chi connectivity index (χ0) is 19.6. The molecule has 2 N–H and O–H groups in total. The van der Waals surface area contributed by atoms with Gasteiger partial charge >= 0.3 is 0 Å². The lowest BCUT2D eigenvalue weighted by Gasteiger charge is -2.24. The van der Waals surface area contributed by atoms with Crippen molar-refractivity contribution < 1.29 is 14.0 Å². The summed E-state index contributed by atoms with van der Waals surface area (Å²) in [4.78, 5) is 10.8. The van der Waals surface area contributed by atoms with E-state index in [1.807, 2.05) is 18.2 Å². The maximum absolute atomic E-state index is 5.52. The molecular formula is C20H22N6O3. The smallest absolute Gasteiger partial charge is 0.241 e. The van der Waals surface area contributed by atoms with E-state index >= 15 is 0 Å². The third kappa shape index (κ3) is 3.80. The van der Waals surface area contributed by atoms with E-state index in [1.54, 1.807) is 12.4 Å². The topological polar surface area (TPSA) is 97.6 Å². The summed E-state index contributed by atoms with van der Waals surface area (Å²) in [5.74, 6) is 3.13. The van der Waals surface area contributed by atoms with Crippen LogP contribution in [0.15, 0.2) is 47.2 Å². The Bertz CT molecular complexity index is 979. The molecule has 4 heterocycles. The van der Waals surface area contributed by atoms with Crippen LogP contribution in [0.3, 0.4) is 0 Å². The van der Waals surface area contributed by atoms with E-state index < -0.39 is 0 Å². The molecule has 1 aromatic carbocycles. The number of nitrogens with one attached hydrogen (secondary N) is 2. The van der Waals surface area contributed by atoms with Crippen molar-refractivity contribution in [2.75, 3.05) is 26.9 Å². The van der Waals surface area contributed by atoms with Crippen molar-refractivity contribution in [1.29, 1.82) is 0 Å². The summed E-state index contributed by atoms with van der Waals surface area (Å²) >= 11 is 0. The van der Waals surface area contributed by atoms with Crippen LogP contribution in [0, 0.1) is 5.92 Å². The Hall–Kier alpha value is -3.01. The van der Waals surface area contributed by atoms with Gasteiger partial charge in [-0.3, -0.25) is 15.3 Å². The third-order valence-electron chi connectivity index (χ3n) is 5.19. The van der Waals surface area contributed by atoms with Gasteiger partial charge in [0.2, 0.25) is 18.5 Å². The summed E-state index contributed by atoms with van der Waals surface area (Å²) < 4.78 is 16.4. The predicted octanol–water partition coefficient (Wildman–Crippen LogP) is 1.76. The Morgan fingerprint density at radius 2 is 2.14 bits per heavy atom. The van der Waals surface area contributed by atoms with E-state index in [0.29, 0.717) is 24.2 Å². The summed E-state index contributed by atoms with van der Waals surface area (Å²) in [6, 6.07) is 10.1. The Kier molecular flexibility index (Phi) is 4.84. The van der Waals surface area contributed by atoms with Gasteiger partial charge in [-0.1, -0.05) is 11.2 Å². The summed E-state index contributed by atoms with van der Waals surface area (Å²) in [5, 5.41) is 4.06. The van der Waals surface area contributed by atoms with Crippen molar-refractivity contribution in [2.24, 2.45) is 5.92 Å². The predicted molar refractivity (Wildman–Crippen MR) is 104 cm³/mol. The highest BCUT2D eigenvalue weighted by atomic mass is 16.7. The zero-order valence-electron chi connectivity index (χ0n) is 16.0. The molecular weight excluding hydrogens is 372 g/mol. The van der Waals surface area contributed by atoms with Crippen LogP contribution in [0.1, 0.15) is 17.5 Å². The summed E-state index contributed by atoms with van der Waals surface area (Å²) in [5.41, 5.74) is 8.67. The van der Waals surface area contributed by atoms with Crippen molar-refractivity contribution in [1.82, 2.24) is 30.9 Å². The number of fused-ring (bicyclic) bond motifs is 1. The zero-order valence-corrected chi connectivity index (χ0v) is 16.0. The lowest BCUT2D eigenvalue weighted by atomic mass is 9.94. The lowest BCUT2D eigenvalue weighted by molar-refractivity contribution is 0.174. The van der Waals surface area contributed by atoms with Gasteiger partial charge in [0.05, 0.1) is 12.6 Å². The molecule has 5 rings (SSSR count). The van der Waals surface area contributed by atoms with E-state index in [4.69, 9.17) is 14.0 Å². The fourth-order valence-electron chi connectivity index (χ4n) is 3.79. The van der Waals surface area contributed by atoms with Gasteiger partial charge in [-0.15, -0.1) is 0 Å². The quantitative estimate of drug-likeness (QED) is 0.648. The molecule has 2 aliphatic rings. The molecule has 2 aliphatic heterocycles. The van der Waals surface area contributed by atoms with Gasteiger partial charge < -0.3 is 14.0 Å². The minimum atomic E-state index is 0.181. The summed E-state index contributed by atoms with van der Waals surface area (Å²) in [6.45, 7) is 2.60. The molecule has 9 heteroatoms. The number of benzene rings is 1. The summed E-state index contributed by atoms with van der Waals surface area (Å²) in [7, 11) is 2.06. The molecule has 1 fully saturated rings. The molecule has 2 unspecified atom stereocenters. The number of ether oxygens (including phenoxy) is 2. The molecule has 0 spiro atoms. The van der Waals surface area contributed by atoms with Crippen LogP contribution >= 0.6 is 0 Å². The molecule has 150 valence electrons. The maximum Gasteiger partial charge on any atom is 0.241 e. The second-order valence-corrected chi connectivity index (χ2v) is 7.33. The van der Waals surface area contributed by atoms with Crippen LogP contribution in [0.4, 0.5) is 0 Å². The standard InChI is InChI=1S/C20H22N6O3/c1-26(11-18-23-20(25-29-18)14-3-2-6-21-8-14)10-15-9-22-24-19(15)13-4-5-16-17(7-13)28-12-27-16/h2-8,15,19,22,24H,9-12H2,1H3. The van der Waals surface area contributed by atoms with Crippen molar-refractivity contribution in [2.45, 2.75) is 12.6 Å². The molecule has 0 amide bonds. The first-order valence-corrected chi connectivity index (χ1v) is 9.56. The Morgan fingerprint density at radius 3 is 3.03 bits per heavy atom. The fraction of sp³-hybridized carbons (Fsp3) is 0.350. The van der Waals surface area contributed by atoms with Gasteiger partial charge in [-0.25, -0.2) is 5.43 Å². The summed E-state index contributed by atoms with van der Waals surface area (Å²) in [6.07, 6.45) is 3.45. The van der Waals surface area contributed by atoms with Crippen LogP contribution in [-0.2, 0) is 6.54 Å². The van der Waals surface area contributed by atoms with E-state index in [1.165, 1.54) is 5.56 Å². The second kappa shape index (κ2) is 7.78. The van der Waals surface area contributed by atoms with Crippen LogP contribution < -0.4 is 20.3 Å². The molecule has 0 bridgehead atoms. The number of hydrazine groups is 1. The molecule has 0 saturated carbocycles. The fourth-order valence-corrected chi connectivity index (χ4v) is 3.79. The highest BCUT2D eigenvalue weighted by Crippen LogP contribution is 2.36. The number of nitrogens with zero attached hydrogens (tertiary/aromatic N) is 4. The molecule has 0 radical (unpaired) electrons. The number of aromatic nitrogens is 3. The van der Waals surface area contributed by atoms with Gasteiger partial charge in [0.1, 0.15) is 0 Å². The van der Waals surface area contributed by atoms with Crippen molar-refractivity contribution in [3.05, 3.63) is 54.2 Å². The Morgan fingerprint density at radius 1 is 1.21 bits per heavy atom. The van der Waals surface area contributed by atoms with E-state index in [9.17, 15) is 0 Å². The van der Waals surface area contributed by atoms with Crippen molar-refractivity contribution in [3.63, 3.8) is 0 Å². The molecule has 3 aromatic rings. The average Bonchev–Trinajstić information content (AvgIpc) is 3.49. The normalized spacial score (nSPS) is 20.5. The third-order valence-corrected chi connectivity index (χ3v) is 5.19. The minimum absolute atomic E-state index is 0.181. The van der Waals surface area contributed by atoms with Gasteiger partial charge in [-0.2, -0.15) is 4.98 Å². The van der Waals surface area contributed by atoms with Crippen LogP contribution in [0.2, 0.25) is 0 Å². The van der Waals surface area contributed by atoms with Crippen molar-refractivity contribution >= 4 is 0 Å². The first-order chi connectivity index (χ1) is 14.3. The average molecular weight is 394 g/mol. The van der Waals surface area contributed by atoms with Gasteiger partial charge in [-0.05, 0) is 36.9 Å². The molecule has 29 heavy (non-hydrogen) atoms. The van der Waals surface area contributed by atoms with Crippen LogP contribution in [0.25, 0.3) is 11.4 Å². The van der Waals surface area contributed by atoms with Crippen LogP contribution in [-0.4, -0.2) is 47.0 Å². The molecule has 9 nitrogen and oxygen atoms in total. The Labute approximate surface area is 168 Å². The number of rotatable bonds is 6. The number of hydrogen-bond donors (Lipinski definition) is 2. The molecule has 1 saturated heterocycles. The number of pyridine rings is 1. The second-order valence-electron chi connectivity index (χ2n) is 7.33. The van der Waals surface area contributed by atoms with Gasteiger partial charge in [0.15, 0.2) is 11.5 Å². The van der Waals surface area contributed by atoms with Gasteiger partial charge in [0.25, 0.3) is 0 Å².